The number of benzene rings is 1. The van der Waals surface area contributed by atoms with Gasteiger partial charge in [0.05, 0.1) is 18.1 Å². The van der Waals surface area contributed by atoms with E-state index >= 15 is 0 Å². The molecule has 1 aromatic rings. The second kappa shape index (κ2) is 9.43. The van der Waals surface area contributed by atoms with Crippen LogP contribution in [0.3, 0.4) is 0 Å². The van der Waals surface area contributed by atoms with Gasteiger partial charge in [-0.05, 0) is 38.1 Å². The Kier molecular flexibility index (Phi) is 7.56. The van der Waals surface area contributed by atoms with Crippen molar-refractivity contribution in [3.8, 4) is 0 Å². The minimum atomic E-state index is -3.57. The number of hydrogen-bond acceptors (Lipinski definition) is 5. The second-order valence-electron chi connectivity index (χ2n) is 6.20. The average molecular weight is 368 g/mol. The van der Waals surface area contributed by atoms with Gasteiger partial charge in [0.1, 0.15) is 0 Å². The van der Waals surface area contributed by atoms with E-state index in [-0.39, 0.29) is 23.1 Å². The van der Waals surface area contributed by atoms with Crippen LogP contribution in [0.5, 0.6) is 0 Å². The van der Waals surface area contributed by atoms with E-state index in [1.165, 1.54) is 12.1 Å². The van der Waals surface area contributed by atoms with Crippen LogP contribution in [0, 0.1) is 5.92 Å². The van der Waals surface area contributed by atoms with Crippen LogP contribution in [-0.4, -0.2) is 58.5 Å². The highest BCUT2D eigenvalue weighted by Crippen LogP contribution is 2.32. The number of nitrogens with one attached hydrogen (secondary N) is 1. The fourth-order valence-corrected chi connectivity index (χ4v) is 3.56. The molecule has 0 amide bonds. The van der Waals surface area contributed by atoms with Crippen LogP contribution in [0.15, 0.2) is 29.2 Å². The van der Waals surface area contributed by atoms with Gasteiger partial charge in [0.2, 0.25) is 10.0 Å². The lowest BCUT2D eigenvalue weighted by Gasteiger charge is -2.17. The molecule has 1 aromatic carbocycles. The first-order chi connectivity index (χ1) is 12.0. The Morgan fingerprint density at radius 2 is 1.80 bits per heavy atom. The summed E-state index contributed by atoms with van der Waals surface area (Å²) < 4.78 is 32.5. The van der Waals surface area contributed by atoms with Crippen molar-refractivity contribution in [1.29, 1.82) is 0 Å². The number of rotatable bonds is 12. The van der Waals surface area contributed by atoms with Crippen LogP contribution in [0.1, 0.15) is 37.0 Å². The predicted molar refractivity (Wildman–Crippen MR) is 97.3 cm³/mol. The highest BCUT2D eigenvalue weighted by Gasteiger charge is 2.30. The van der Waals surface area contributed by atoms with E-state index in [0.29, 0.717) is 18.8 Å². The van der Waals surface area contributed by atoms with Crippen molar-refractivity contribution >= 4 is 15.8 Å². The van der Waals surface area contributed by atoms with Crippen molar-refractivity contribution in [3.05, 3.63) is 29.8 Å². The molecule has 0 aliphatic heterocycles. The average Bonchev–Trinajstić information content (AvgIpc) is 3.46. The first kappa shape index (κ1) is 20.0. The van der Waals surface area contributed by atoms with E-state index in [1.54, 1.807) is 12.1 Å². The first-order valence-corrected chi connectivity index (χ1v) is 10.4. The van der Waals surface area contributed by atoms with Gasteiger partial charge in [-0.3, -0.25) is 4.79 Å². The molecule has 1 aliphatic carbocycles. The summed E-state index contributed by atoms with van der Waals surface area (Å²) in [4.78, 5) is 14.4. The molecule has 0 atom stereocenters. The minimum absolute atomic E-state index is 0.110. The summed E-state index contributed by atoms with van der Waals surface area (Å²) in [5, 5.41) is 0. The standard InChI is InChI=1S/C18H28N2O4S/c1-3-20(4-2)12-14-24-13-11-19-25(22,23)17-9-7-16(8-10-17)18(21)15-5-6-15/h7-10,15,19H,3-6,11-14H2,1-2H3. The van der Waals surface area contributed by atoms with Crippen molar-refractivity contribution in [2.24, 2.45) is 5.92 Å². The highest BCUT2D eigenvalue weighted by atomic mass is 32.2. The zero-order valence-electron chi connectivity index (χ0n) is 15.0. The quantitative estimate of drug-likeness (QED) is 0.451. The van der Waals surface area contributed by atoms with Crippen LogP contribution < -0.4 is 4.72 Å². The molecule has 0 bridgehead atoms. The van der Waals surface area contributed by atoms with E-state index < -0.39 is 10.0 Å². The van der Waals surface area contributed by atoms with Crippen LogP contribution >= 0.6 is 0 Å². The number of likely N-dealkylation sites (N-methyl/N-ethyl adjacent to an activating group) is 1. The van der Waals surface area contributed by atoms with E-state index in [2.05, 4.69) is 23.5 Å². The predicted octanol–water partition coefficient (Wildman–Crippen LogP) is 1.92. The lowest BCUT2D eigenvalue weighted by molar-refractivity contribution is 0.0967. The Hall–Kier alpha value is -1.28. The molecule has 25 heavy (non-hydrogen) atoms. The molecule has 1 saturated carbocycles. The van der Waals surface area contributed by atoms with E-state index in [4.69, 9.17) is 4.74 Å². The maximum absolute atomic E-state index is 12.2. The van der Waals surface area contributed by atoms with Gasteiger partial charge in [-0.1, -0.05) is 26.0 Å². The second-order valence-corrected chi connectivity index (χ2v) is 7.97. The summed E-state index contributed by atoms with van der Waals surface area (Å²) in [5.41, 5.74) is 0.584. The molecule has 1 aliphatic rings. The Morgan fingerprint density at radius 1 is 1.16 bits per heavy atom. The van der Waals surface area contributed by atoms with Crippen molar-refractivity contribution in [1.82, 2.24) is 9.62 Å². The van der Waals surface area contributed by atoms with Gasteiger partial charge < -0.3 is 9.64 Å². The molecule has 0 aromatic heterocycles. The van der Waals surface area contributed by atoms with Gasteiger partial charge in [-0.2, -0.15) is 0 Å². The van der Waals surface area contributed by atoms with Gasteiger partial charge >= 0.3 is 0 Å². The third-order valence-electron chi connectivity index (χ3n) is 4.38. The van der Waals surface area contributed by atoms with Gasteiger partial charge in [0, 0.05) is 24.6 Å². The van der Waals surface area contributed by atoms with E-state index in [9.17, 15) is 13.2 Å². The zero-order valence-corrected chi connectivity index (χ0v) is 15.8. The summed E-state index contributed by atoms with van der Waals surface area (Å²) in [5.74, 6) is 0.243. The largest absolute Gasteiger partial charge is 0.379 e. The third-order valence-corrected chi connectivity index (χ3v) is 5.86. The number of ether oxygens (including phenoxy) is 1. The number of nitrogens with zero attached hydrogens (tertiary/aromatic N) is 1. The van der Waals surface area contributed by atoms with Gasteiger partial charge in [-0.25, -0.2) is 13.1 Å². The lowest BCUT2D eigenvalue weighted by atomic mass is 10.1. The molecule has 0 radical (unpaired) electrons. The van der Waals surface area contributed by atoms with Crippen LogP contribution in [0.25, 0.3) is 0 Å². The van der Waals surface area contributed by atoms with Crippen molar-refractivity contribution in [2.45, 2.75) is 31.6 Å². The minimum Gasteiger partial charge on any atom is -0.379 e. The van der Waals surface area contributed by atoms with Gasteiger partial charge in [0.25, 0.3) is 0 Å². The maximum atomic E-state index is 12.2. The molecule has 6 nitrogen and oxygen atoms in total. The van der Waals surface area contributed by atoms with E-state index in [1.807, 2.05) is 0 Å². The summed E-state index contributed by atoms with van der Waals surface area (Å²) in [6, 6.07) is 6.16. The molecule has 0 heterocycles. The topological polar surface area (TPSA) is 75.7 Å². The maximum Gasteiger partial charge on any atom is 0.240 e. The molecule has 7 heteroatoms. The molecule has 1 N–H and O–H groups in total. The normalized spacial score (nSPS) is 14.8. The summed E-state index contributed by atoms with van der Waals surface area (Å²) in [7, 11) is -3.57. The number of carbonyl (C=O) groups is 1. The van der Waals surface area contributed by atoms with Crippen LogP contribution in [0.2, 0.25) is 0 Å². The fourth-order valence-electron chi connectivity index (χ4n) is 2.55. The third kappa shape index (κ3) is 6.18. The van der Waals surface area contributed by atoms with E-state index in [0.717, 1.165) is 32.5 Å². The van der Waals surface area contributed by atoms with Crippen LogP contribution in [-0.2, 0) is 14.8 Å². The SMILES string of the molecule is CCN(CC)CCOCCNS(=O)(=O)c1ccc(C(=O)C2CC2)cc1. The van der Waals surface area contributed by atoms with Gasteiger partial charge in [-0.15, -0.1) is 0 Å². The van der Waals surface area contributed by atoms with Crippen molar-refractivity contribution in [3.63, 3.8) is 0 Å². The molecule has 140 valence electrons. The highest BCUT2D eigenvalue weighted by molar-refractivity contribution is 7.89. The molecular weight excluding hydrogens is 340 g/mol. The summed E-state index contributed by atoms with van der Waals surface area (Å²) in [6.45, 7) is 8.14. The van der Waals surface area contributed by atoms with Gasteiger partial charge in [0.15, 0.2) is 5.78 Å². The Balaban J connectivity index is 1.74. The molecule has 0 saturated heterocycles. The molecule has 2 rings (SSSR count). The fraction of sp³-hybridized carbons (Fsp3) is 0.611. The number of hydrogen-bond donors (Lipinski definition) is 1. The molecule has 0 spiro atoms. The molecule has 0 unspecified atom stereocenters. The molecular formula is C18H28N2O4S. The number of carbonyl (C=O) groups excluding carboxylic acids is 1. The lowest BCUT2D eigenvalue weighted by Crippen LogP contribution is -2.30. The number of ketones is 1. The number of Topliss-reactive ketones (excluding diaryl/α,β-unsaturated/α-hetero) is 1. The van der Waals surface area contributed by atoms with Crippen molar-refractivity contribution < 1.29 is 17.9 Å². The zero-order chi connectivity index (χ0) is 18.3. The molecule has 1 fully saturated rings. The monoisotopic (exact) mass is 368 g/mol. The Bertz CT molecular complexity index is 650. The number of sulfonamides is 1. The Morgan fingerprint density at radius 3 is 2.36 bits per heavy atom. The Labute approximate surface area is 150 Å². The summed E-state index contributed by atoms with van der Waals surface area (Å²) in [6.07, 6.45) is 1.88. The van der Waals surface area contributed by atoms with Crippen molar-refractivity contribution in [2.75, 3.05) is 39.4 Å². The summed E-state index contributed by atoms with van der Waals surface area (Å²) >= 11 is 0. The smallest absolute Gasteiger partial charge is 0.240 e. The van der Waals surface area contributed by atoms with Crippen LogP contribution in [0.4, 0.5) is 0 Å². The first-order valence-electron chi connectivity index (χ1n) is 8.92.